The van der Waals surface area contributed by atoms with Crippen LogP contribution in [0.4, 0.5) is 5.69 Å². The minimum Gasteiger partial charge on any atom is -0.438 e. The molecule has 0 bridgehead atoms. The molecule has 2 heterocycles. The zero-order chi connectivity index (χ0) is 19.6. The van der Waals surface area contributed by atoms with E-state index in [2.05, 4.69) is 39.1 Å². The van der Waals surface area contributed by atoms with Gasteiger partial charge in [0.05, 0.1) is 13.6 Å². The Bertz CT molecular complexity index is 964. The number of anilines is 1. The number of piperazine rings is 1. The molecular weight excluding hydrogens is 524 g/mol. The lowest BCUT2D eigenvalue weighted by Gasteiger charge is -2.34. The molecule has 1 aromatic carbocycles. The van der Waals surface area contributed by atoms with E-state index >= 15 is 0 Å². The predicted molar refractivity (Wildman–Crippen MR) is 116 cm³/mol. The summed E-state index contributed by atoms with van der Waals surface area (Å²) in [5.41, 5.74) is 0.908. The van der Waals surface area contributed by atoms with Crippen molar-refractivity contribution in [1.82, 2.24) is 9.29 Å². The van der Waals surface area contributed by atoms with E-state index in [1.165, 1.54) is 4.31 Å². The molecule has 1 fully saturated rings. The van der Waals surface area contributed by atoms with Crippen LogP contribution in [0.15, 0.2) is 42.4 Å². The van der Waals surface area contributed by atoms with Crippen molar-refractivity contribution in [3.05, 3.63) is 56.1 Å². The fourth-order valence-electron chi connectivity index (χ4n) is 2.65. The summed E-state index contributed by atoms with van der Waals surface area (Å²) >= 11 is 14.2. The Balaban J connectivity index is 1.73. The van der Waals surface area contributed by atoms with Crippen LogP contribution in [0.2, 0.25) is 10.0 Å². The minimum atomic E-state index is -3.38. The molecule has 1 aliphatic rings. The zero-order valence-corrected chi connectivity index (χ0v) is 18.6. The Morgan fingerprint density at radius 3 is 2.48 bits per heavy atom. The standard InChI is InChI=1S/C17H16Cl2IN3O3S/c1-2-27(24,25)23-7-5-22(6-8-23)12-3-4-21-17(9-12)26-16-11-14(19)13(18)10-15(16)20/h2-4,9-11H,1,5-8H2. The third-order valence-corrected chi connectivity index (χ3v) is 7.15. The van der Waals surface area contributed by atoms with E-state index < -0.39 is 10.0 Å². The summed E-state index contributed by atoms with van der Waals surface area (Å²) in [5.74, 6) is 0.987. The Hall–Kier alpha value is -1.07. The van der Waals surface area contributed by atoms with Crippen molar-refractivity contribution in [2.75, 3.05) is 31.1 Å². The van der Waals surface area contributed by atoms with Gasteiger partial charge in [-0.25, -0.2) is 13.4 Å². The van der Waals surface area contributed by atoms with Gasteiger partial charge >= 0.3 is 0 Å². The minimum absolute atomic E-state index is 0.400. The zero-order valence-electron chi connectivity index (χ0n) is 14.1. The first-order valence-corrected chi connectivity index (χ1v) is 11.3. The molecule has 1 aromatic heterocycles. The molecule has 3 rings (SSSR count). The highest BCUT2D eigenvalue weighted by molar-refractivity contribution is 14.1. The van der Waals surface area contributed by atoms with Gasteiger partial charge in [-0.2, -0.15) is 4.31 Å². The molecule has 144 valence electrons. The smallest absolute Gasteiger partial charge is 0.235 e. The number of aromatic nitrogens is 1. The van der Waals surface area contributed by atoms with Gasteiger partial charge in [-0.1, -0.05) is 29.8 Å². The van der Waals surface area contributed by atoms with Crippen molar-refractivity contribution in [1.29, 1.82) is 0 Å². The fourth-order valence-corrected chi connectivity index (χ4v) is 4.61. The first-order valence-electron chi connectivity index (χ1n) is 7.96. The Kier molecular flexibility index (Phi) is 6.52. The van der Waals surface area contributed by atoms with Crippen LogP contribution < -0.4 is 9.64 Å². The van der Waals surface area contributed by atoms with Gasteiger partial charge in [0.2, 0.25) is 15.9 Å². The van der Waals surface area contributed by atoms with Crippen molar-refractivity contribution in [3.63, 3.8) is 0 Å². The van der Waals surface area contributed by atoms with Crippen LogP contribution in [0.25, 0.3) is 0 Å². The number of pyridine rings is 1. The van der Waals surface area contributed by atoms with E-state index in [1.54, 1.807) is 18.3 Å². The molecule has 6 nitrogen and oxygen atoms in total. The van der Waals surface area contributed by atoms with Gasteiger partial charge in [-0.15, -0.1) is 0 Å². The lowest BCUT2D eigenvalue weighted by molar-refractivity contribution is 0.389. The molecule has 0 saturated carbocycles. The number of sulfonamides is 1. The second-order valence-corrected chi connectivity index (χ2v) is 9.61. The van der Waals surface area contributed by atoms with E-state index in [1.807, 2.05) is 12.1 Å². The number of hydrogen-bond acceptors (Lipinski definition) is 5. The summed E-state index contributed by atoms with van der Waals surface area (Å²) in [6.45, 7) is 5.31. The van der Waals surface area contributed by atoms with Crippen molar-refractivity contribution < 1.29 is 13.2 Å². The van der Waals surface area contributed by atoms with Crippen LogP contribution in [-0.2, 0) is 10.0 Å². The average Bonchev–Trinajstić information content (AvgIpc) is 2.66. The van der Waals surface area contributed by atoms with Gasteiger partial charge in [0.1, 0.15) is 5.75 Å². The number of nitrogens with zero attached hydrogens (tertiary/aromatic N) is 3. The number of hydrogen-bond donors (Lipinski definition) is 0. The van der Waals surface area contributed by atoms with Crippen molar-refractivity contribution >= 4 is 61.5 Å². The second kappa shape index (κ2) is 8.52. The lowest BCUT2D eigenvalue weighted by atomic mass is 10.3. The summed E-state index contributed by atoms with van der Waals surface area (Å²) in [7, 11) is -3.38. The topological polar surface area (TPSA) is 62.7 Å². The van der Waals surface area contributed by atoms with Gasteiger partial charge in [0.15, 0.2) is 0 Å². The highest BCUT2D eigenvalue weighted by Crippen LogP contribution is 2.34. The maximum Gasteiger partial charge on any atom is 0.235 e. The normalized spacial score (nSPS) is 15.6. The molecule has 1 aliphatic heterocycles. The summed E-state index contributed by atoms with van der Waals surface area (Å²) in [5, 5.41) is 1.85. The first-order chi connectivity index (χ1) is 12.8. The molecule has 0 atom stereocenters. The van der Waals surface area contributed by atoms with Crippen molar-refractivity contribution in [3.8, 4) is 11.6 Å². The maximum absolute atomic E-state index is 11.9. The Morgan fingerprint density at radius 2 is 1.81 bits per heavy atom. The summed E-state index contributed by atoms with van der Waals surface area (Å²) in [6.07, 6.45) is 1.65. The largest absolute Gasteiger partial charge is 0.438 e. The molecule has 1 saturated heterocycles. The molecule has 0 spiro atoms. The van der Waals surface area contributed by atoms with Gasteiger partial charge in [-0.05, 0) is 34.7 Å². The second-order valence-electron chi connectivity index (χ2n) is 5.75. The van der Waals surface area contributed by atoms with Gasteiger partial charge in [-0.3, -0.25) is 0 Å². The average molecular weight is 540 g/mol. The van der Waals surface area contributed by atoms with Crippen LogP contribution in [0, 0.1) is 3.57 Å². The number of halogens is 3. The van der Waals surface area contributed by atoms with Crippen LogP contribution in [-0.4, -0.2) is 43.9 Å². The number of rotatable bonds is 5. The SMILES string of the molecule is C=CS(=O)(=O)N1CCN(c2ccnc(Oc3cc(Cl)c(Cl)cc3I)c2)CC1. The summed E-state index contributed by atoms with van der Waals surface area (Å²) in [6, 6.07) is 7.06. The first kappa shape index (κ1) is 20.7. The monoisotopic (exact) mass is 539 g/mol. The van der Waals surface area contributed by atoms with Gasteiger partial charge in [0.25, 0.3) is 0 Å². The fraction of sp³-hybridized carbons (Fsp3) is 0.235. The molecule has 27 heavy (non-hydrogen) atoms. The van der Waals surface area contributed by atoms with Crippen LogP contribution in [0.3, 0.4) is 0 Å². The number of benzene rings is 1. The molecular formula is C17H16Cl2IN3O3S. The lowest BCUT2D eigenvalue weighted by Crippen LogP contribution is -2.48. The third-order valence-electron chi connectivity index (χ3n) is 4.08. The molecule has 10 heteroatoms. The Labute approximate surface area is 181 Å². The molecule has 0 radical (unpaired) electrons. The van der Waals surface area contributed by atoms with Crippen LogP contribution >= 0.6 is 45.8 Å². The van der Waals surface area contributed by atoms with Crippen LogP contribution in [0.1, 0.15) is 0 Å². The predicted octanol–water partition coefficient (Wildman–Crippen LogP) is 4.38. The van der Waals surface area contributed by atoms with E-state index in [0.29, 0.717) is 47.9 Å². The van der Waals surface area contributed by atoms with Gasteiger partial charge < -0.3 is 9.64 Å². The van der Waals surface area contributed by atoms with Crippen LogP contribution in [0.5, 0.6) is 11.6 Å². The molecule has 0 amide bonds. The third kappa shape index (κ3) is 4.86. The molecule has 0 unspecified atom stereocenters. The maximum atomic E-state index is 11.9. The summed E-state index contributed by atoms with van der Waals surface area (Å²) in [4.78, 5) is 6.33. The highest BCUT2D eigenvalue weighted by atomic mass is 127. The van der Waals surface area contributed by atoms with Crippen molar-refractivity contribution in [2.45, 2.75) is 0 Å². The molecule has 2 aromatic rings. The highest BCUT2D eigenvalue weighted by Gasteiger charge is 2.25. The summed E-state index contributed by atoms with van der Waals surface area (Å²) < 4.78 is 31.9. The van der Waals surface area contributed by atoms with E-state index in [-0.39, 0.29) is 0 Å². The quantitative estimate of drug-likeness (QED) is 0.417. The van der Waals surface area contributed by atoms with Crippen molar-refractivity contribution in [2.24, 2.45) is 0 Å². The molecule has 0 N–H and O–H groups in total. The molecule has 0 aliphatic carbocycles. The van der Waals surface area contributed by atoms with E-state index in [0.717, 1.165) is 14.7 Å². The van der Waals surface area contributed by atoms with E-state index in [4.69, 9.17) is 27.9 Å². The Morgan fingerprint density at radius 1 is 1.15 bits per heavy atom. The van der Waals surface area contributed by atoms with E-state index in [9.17, 15) is 8.42 Å². The number of ether oxygens (including phenoxy) is 1. The van der Waals surface area contributed by atoms with Gasteiger partial charge in [0, 0.05) is 55.6 Å².